The van der Waals surface area contributed by atoms with Gasteiger partial charge in [-0.3, -0.25) is 0 Å². The first-order chi connectivity index (χ1) is 10.00. The van der Waals surface area contributed by atoms with Crippen molar-refractivity contribution in [2.75, 3.05) is 19.7 Å². The first-order valence-electron chi connectivity index (χ1n) is 6.27. The number of ether oxygens (including phenoxy) is 1. The predicted octanol–water partition coefficient (Wildman–Crippen LogP) is 0.0370. The molecule has 1 aliphatic rings. The maximum absolute atomic E-state index is 12.7. The molecule has 8 nitrogen and oxygen atoms in total. The van der Waals surface area contributed by atoms with Crippen molar-refractivity contribution in [3.63, 3.8) is 0 Å². The summed E-state index contributed by atoms with van der Waals surface area (Å²) in [5, 5.41) is 9.44. The van der Waals surface area contributed by atoms with E-state index in [1.54, 1.807) is 18.3 Å². The average Bonchev–Trinajstić information content (AvgIpc) is 2.92. The van der Waals surface area contributed by atoms with Crippen LogP contribution in [0.5, 0.6) is 0 Å². The number of nitrogens with one attached hydrogen (secondary N) is 1. The maximum Gasteiger partial charge on any atom is 0.334 e. The lowest BCUT2D eigenvalue weighted by molar-refractivity contribution is -0.153. The van der Waals surface area contributed by atoms with E-state index in [4.69, 9.17) is 9.84 Å². The van der Waals surface area contributed by atoms with E-state index >= 15 is 0 Å². The van der Waals surface area contributed by atoms with Crippen LogP contribution in [0, 0.1) is 0 Å². The Labute approximate surface area is 120 Å². The molecule has 21 heavy (non-hydrogen) atoms. The zero-order chi connectivity index (χ0) is 15.0. The van der Waals surface area contributed by atoms with E-state index < -0.39 is 22.1 Å². The highest BCUT2D eigenvalue weighted by Gasteiger charge is 2.35. The number of fused-ring (bicyclic) bond motifs is 1. The minimum Gasteiger partial charge on any atom is -0.479 e. The molecule has 0 saturated carbocycles. The van der Waals surface area contributed by atoms with Gasteiger partial charge in [0.2, 0.25) is 10.0 Å². The smallest absolute Gasteiger partial charge is 0.334 e. The van der Waals surface area contributed by atoms with Crippen LogP contribution in [0.15, 0.2) is 29.4 Å². The molecule has 2 aromatic rings. The van der Waals surface area contributed by atoms with Crippen molar-refractivity contribution >= 4 is 27.0 Å². The fraction of sp³-hybridized carbons (Fsp3) is 0.333. The normalized spacial score (nSPS) is 20.7. The highest BCUT2D eigenvalue weighted by atomic mass is 32.2. The number of pyridine rings is 1. The Hall–Kier alpha value is -1.97. The standard InChI is InChI=1S/C12H13N3O5S/c16-12(17)9-7-15(4-5-20-9)21(18,19)10-6-14-11-8(10)2-1-3-13-11/h1-3,6,9H,4-5,7H2,(H,13,14)(H,16,17). The van der Waals surface area contributed by atoms with Gasteiger partial charge in [-0.15, -0.1) is 0 Å². The molecule has 0 aliphatic carbocycles. The van der Waals surface area contributed by atoms with Crippen LogP contribution in [0.25, 0.3) is 11.0 Å². The molecule has 2 aromatic heterocycles. The highest BCUT2D eigenvalue weighted by Crippen LogP contribution is 2.25. The Morgan fingerprint density at radius 2 is 2.33 bits per heavy atom. The van der Waals surface area contributed by atoms with Crippen molar-refractivity contribution in [2.24, 2.45) is 0 Å². The Morgan fingerprint density at radius 1 is 1.52 bits per heavy atom. The molecule has 2 N–H and O–H groups in total. The number of aromatic amines is 1. The number of rotatable bonds is 3. The third kappa shape index (κ3) is 2.39. The third-order valence-corrected chi connectivity index (χ3v) is 5.24. The number of aromatic nitrogens is 2. The van der Waals surface area contributed by atoms with Crippen LogP contribution in [0.2, 0.25) is 0 Å². The number of hydrogen-bond donors (Lipinski definition) is 2. The summed E-state index contributed by atoms with van der Waals surface area (Å²) < 4.78 is 31.5. The first kappa shape index (κ1) is 14.0. The first-order valence-corrected chi connectivity index (χ1v) is 7.71. The molecule has 0 radical (unpaired) electrons. The number of sulfonamides is 1. The van der Waals surface area contributed by atoms with Gasteiger partial charge < -0.3 is 14.8 Å². The largest absolute Gasteiger partial charge is 0.479 e. The Kier molecular flexibility index (Phi) is 3.40. The number of carbonyl (C=O) groups is 1. The molecule has 112 valence electrons. The topological polar surface area (TPSA) is 113 Å². The van der Waals surface area contributed by atoms with Crippen LogP contribution in [0.4, 0.5) is 0 Å². The second kappa shape index (κ2) is 5.10. The molecular formula is C12H13N3O5S. The minimum absolute atomic E-state index is 0.0524. The van der Waals surface area contributed by atoms with Crippen LogP contribution in [0.1, 0.15) is 0 Å². The summed E-state index contributed by atoms with van der Waals surface area (Å²) in [4.78, 5) is 17.9. The van der Waals surface area contributed by atoms with Crippen molar-refractivity contribution in [1.82, 2.24) is 14.3 Å². The van der Waals surface area contributed by atoms with E-state index in [1.807, 2.05) is 0 Å². The molecule has 3 heterocycles. The summed E-state index contributed by atoms with van der Waals surface area (Å²) in [7, 11) is -3.79. The zero-order valence-electron chi connectivity index (χ0n) is 10.9. The van der Waals surface area contributed by atoms with Crippen LogP contribution >= 0.6 is 0 Å². The van der Waals surface area contributed by atoms with Gasteiger partial charge in [0.05, 0.1) is 13.2 Å². The summed E-state index contributed by atoms with van der Waals surface area (Å²) in [6.45, 7) is -0.0273. The number of hydrogen-bond acceptors (Lipinski definition) is 5. The van der Waals surface area contributed by atoms with Gasteiger partial charge in [-0.25, -0.2) is 18.2 Å². The van der Waals surface area contributed by atoms with Crippen LogP contribution in [-0.2, 0) is 19.6 Å². The van der Waals surface area contributed by atoms with Gasteiger partial charge in [0.1, 0.15) is 10.5 Å². The van der Waals surface area contributed by atoms with Crippen molar-refractivity contribution < 1.29 is 23.1 Å². The van der Waals surface area contributed by atoms with E-state index in [0.717, 1.165) is 4.31 Å². The molecule has 1 aliphatic heterocycles. The fourth-order valence-corrected chi connectivity index (χ4v) is 3.85. The van der Waals surface area contributed by atoms with E-state index in [1.165, 1.54) is 6.20 Å². The molecular weight excluding hydrogens is 298 g/mol. The fourth-order valence-electron chi connectivity index (χ4n) is 2.28. The minimum atomic E-state index is -3.79. The number of H-pyrrole nitrogens is 1. The molecule has 1 saturated heterocycles. The number of carboxylic acids is 1. The number of aliphatic carboxylic acids is 1. The van der Waals surface area contributed by atoms with Crippen molar-refractivity contribution in [3.05, 3.63) is 24.5 Å². The van der Waals surface area contributed by atoms with E-state index in [2.05, 4.69) is 9.97 Å². The Balaban J connectivity index is 1.98. The van der Waals surface area contributed by atoms with Gasteiger partial charge >= 0.3 is 5.97 Å². The van der Waals surface area contributed by atoms with Crippen LogP contribution in [-0.4, -0.2) is 59.6 Å². The van der Waals surface area contributed by atoms with Crippen molar-refractivity contribution in [1.29, 1.82) is 0 Å². The summed E-state index contributed by atoms with van der Waals surface area (Å²) in [6.07, 6.45) is 1.79. The van der Waals surface area contributed by atoms with Gasteiger partial charge in [0, 0.05) is 24.3 Å². The predicted molar refractivity (Wildman–Crippen MR) is 72.2 cm³/mol. The molecule has 1 unspecified atom stereocenters. The van der Waals surface area contributed by atoms with Gasteiger partial charge in [-0.1, -0.05) is 0 Å². The Morgan fingerprint density at radius 3 is 3.10 bits per heavy atom. The van der Waals surface area contributed by atoms with Crippen LogP contribution in [0.3, 0.4) is 0 Å². The number of morpholine rings is 1. The second-order valence-corrected chi connectivity index (χ2v) is 6.52. The molecule has 0 bridgehead atoms. The molecule has 1 atom stereocenters. The average molecular weight is 311 g/mol. The van der Waals surface area contributed by atoms with Gasteiger partial charge in [-0.2, -0.15) is 4.31 Å². The summed E-state index contributed by atoms with van der Waals surface area (Å²) in [6, 6.07) is 3.30. The Bertz CT molecular complexity index is 785. The van der Waals surface area contributed by atoms with Gasteiger partial charge in [-0.05, 0) is 12.1 Å². The summed E-state index contributed by atoms with van der Waals surface area (Å²) in [5.74, 6) is -1.17. The SMILES string of the molecule is O=C(O)C1CN(S(=O)(=O)c2c[nH]c3ncccc23)CCO1. The number of carboxylic acid groups (broad SMARTS) is 1. The monoisotopic (exact) mass is 311 g/mol. The molecule has 3 rings (SSSR count). The number of nitrogens with zero attached hydrogens (tertiary/aromatic N) is 2. The molecule has 0 aromatic carbocycles. The molecule has 9 heteroatoms. The zero-order valence-corrected chi connectivity index (χ0v) is 11.7. The maximum atomic E-state index is 12.7. The van der Waals surface area contributed by atoms with E-state index in [0.29, 0.717) is 11.0 Å². The summed E-state index contributed by atoms with van der Waals surface area (Å²) in [5.41, 5.74) is 0.471. The lowest BCUT2D eigenvalue weighted by atomic mass is 10.3. The van der Waals surface area contributed by atoms with Crippen molar-refractivity contribution in [2.45, 2.75) is 11.0 Å². The van der Waals surface area contributed by atoms with Crippen LogP contribution < -0.4 is 0 Å². The lowest BCUT2D eigenvalue weighted by Crippen LogP contribution is -2.48. The second-order valence-electron chi connectivity index (χ2n) is 4.61. The van der Waals surface area contributed by atoms with Gasteiger partial charge in [0.25, 0.3) is 0 Å². The van der Waals surface area contributed by atoms with E-state index in [9.17, 15) is 13.2 Å². The molecule has 1 fully saturated rings. The molecule has 0 amide bonds. The third-order valence-electron chi connectivity index (χ3n) is 3.34. The quantitative estimate of drug-likeness (QED) is 0.827. The van der Waals surface area contributed by atoms with Gasteiger partial charge in [0.15, 0.2) is 6.10 Å². The molecule has 0 spiro atoms. The highest BCUT2D eigenvalue weighted by molar-refractivity contribution is 7.89. The summed E-state index contributed by atoms with van der Waals surface area (Å²) >= 11 is 0. The van der Waals surface area contributed by atoms with E-state index in [-0.39, 0.29) is 24.6 Å². The van der Waals surface area contributed by atoms with Crippen molar-refractivity contribution in [3.8, 4) is 0 Å². The lowest BCUT2D eigenvalue weighted by Gasteiger charge is -2.29.